The normalized spacial score (nSPS) is 23.6. The van der Waals surface area contributed by atoms with Gasteiger partial charge in [0.25, 0.3) is 5.69 Å². The minimum atomic E-state index is -0.705. The highest BCUT2D eigenvalue weighted by molar-refractivity contribution is 8.01. The number of rotatable bonds is 6. The van der Waals surface area contributed by atoms with Gasteiger partial charge >= 0.3 is 5.97 Å². The van der Waals surface area contributed by atoms with E-state index in [-0.39, 0.29) is 28.8 Å². The Morgan fingerprint density at radius 1 is 1.37 bits per heavy atom. The molecule has 27 heavy (non-hydrogen) atoms. The average Bonchev–Trinajstić information content (AvgIpc) is 3.26. The average molecular weight is 390 g/mol. The van der Waals surface area contributed by atoms with Crippen LogP contribution in [-0.2, 0) is 27.5 Å². The van der Waals surface area contributed by atoms with Crippen molar-refractivity contribution in [2.75, 3.05) is 0 Å². The van der Waals surface area contributed by atoms with Gasteiger partial charge in [0.05, 0.1) is 28.5 Å². The van der Waals surface area contributed by atoms with Gasteiger partial charge in [0.15, 0.2) is 0 Å². The third-order valence-corrected chi connectivity index (χ3v) is 5.92. The van der Waals surface area contributed by atoms with Crippen LogP contribution in [0.4, 0.5) is 5.69 Å². The number of hydrogen-bond acceptors (Lipinski definition) is 9. The number of benzene rings is 1. The van der Waals surface area contributed by atoms with Crippen LogP contribution in [0, 0.1) is 10.1 Å². The minimum Gasteiger partial charge on any atom is -0.459 e. The van der Waals surface area contributed by atoms with Crippen LogP contribution in [0.15, 0.2) is 30.6 Å². The smallest absolute Gasteiger partial charge is 0.330 e. The van der Waals surface area contributed by atoms with Crippen molar-refractivity contribution in [3.8, 4) is 0 Å². The second kappa shape index (κ2) is 6.95. The maximum Gasteiger partial charge on any atom is 0.330 e. The van der Waals surface area contributed by atoms with E-state index in [0.29, 0.717) is 18.5 Å². The number of tetrazole rings is 1. The molecule has 0 radical (unpaired) electrons. The quantitative estimate of drug-likeness (QED) is 0.297. The molecule has 2 aliphatic rings. The number of aromatic nitrogens is 4. The number of hydrogen-bond donors (Lipinski definition) is 0. The number of fused-ring (bicyclic) bond motifs is 1. The summed E-state index contributed by atoms with van der Waals surface area (Å²) in [5.74, 6) is -0.585. The van der Waals surface area contributed by atoms with Crippen molar-refractivity contribution in [2.45, 2.75) is 36.2 Å². The molecule has 0 saturated carbocycles. The van der Waals surface area contributed by atoms with E-state index >= 15 is 0 Å². The number of nitro groups is 1. The van der Waals surface area contributed by atoms with E-state index in [4.69, 9.17) is 4.74 Å². The first-order valence-electron chi connectivity index (χ1n) is 8.10. The highest BCUT2D eigenvalue weighted by Crippen LogP contribution is 2.45. The molecule has 1 aromatic carbocycles. The third kappa shape index (κ3) is 3.35. The number of nitrogens with zero attached hydrogens (tertiary/aromatic N) is 6. The molecule has 2 fully saturated rings. The zero-order valence-electron chi connectivity index (χ0n) is 13.9. The van der Waals surface area contributed by atoms with Crippen LogP contribution in [0.2, 0.25) is 0 Å². The molecule has 0 aliphatic carbocycles. The predicted molar refractivity (Wildman–Crippen MR) is 91.1 cm³/mol. The van der Waals surface area contributed by atoms with E-state index in [0.717, 1.165) is 0 Å². The largest absolute Gasteiger partial charge is 0.459 e. The summed E-state index contributed by atoms with van der Waals surface area (Å²) in [5.41, 5.74) is 0.593. The van der Waals surface area contributed by atoms with Gasteiger partial charge in [0, 0.05) is 12.1 Å². The first kappa shape index (κ1) is 17.4. The summed E-state index contributed by atoms with van der Waals surface area (Å²) in [6, 6.07) is 5.06. The van der Waals surface area contributed by atoms with E-state index in [9.17, 15) is 19.7 Å². The molecule has 1 aromatic heterocycles. The molecule has 0 spiro atoms. The second-order valence-corrected chi connectivity index (χ2v) is 7.56. The highest BCUT2D eigenvalue weighted by Gasteiger charge is 2.55. The van der Waals surface area contributed by atoms with Crippen molar-refractivity contribution in [3.63, 3.8) is 0 Å². The van der Waals surface area contributed by atoms with Gasteiger partial charge in [-0.25, -0.2) is 9.48 Å². The zero-order valence-corrected chi connectivity index (χ0v) is 14.7. The Hall–Kier alpha value is -3.02. The molecular weight excluding hydrogens is 376 g/mol. The van der Waals surface area contributed by atoms with E-state index in [1.165, 1.54) is 47.0 Å². The highest BCUT2D eigenvalue weighted by atomic mass is 32.2. The van der Waals surface area contributed by atoms with Crippen molar-refractivity contribution in [1.29, 1.82) is 0 Å². The summed E-state index contributed by atoms with van der Waals surface area (Å²) in [5, 5.41) is 21.4. The summed E-state index contributed by atoms with van der Waals surface area (Å²) in [7, 11) is 0. The molecule has 0 bridgehead atoms. The van der Waals surface area contributed by atoms with Crippen LogP contribution in [-0.4, -0.2) is 58.6 Å². The van der Waals surface area contributed by atoms with Crippen LogP contribution < -0.4 is 0 Å². The summed E-state index contributed by atoms with van der Waals surface area (Å²) in [6.45, 7) is 0.359. The number of esters is 1. The first-order chi connectivity index (χ1) is 13.0. The number of ether oxygens (including phenoxy) is 1. The molecule has 2 aliphatic heterocycles. The molecule has 2 saturated heterocycles. The lowest BCUT2D eigenvalue weighted by Crippen LogP contribution is -2.56. The van der Waals surface area contributed by atoms with E-state index in [2.05, 4.69) is 15.5 Å². The number of nitro benzene ring substituents is 1. The van der Waals surface area contributed by atoms with E-state index in [1.807, 2.05) is 0 Å². The standard InChI is InChI=1S/C15H14N6O5S/c22-12-5-13-20(12)14(11(27-13)6-19-8-16-17-18-19)15(23)26-7-9-1-3-10(4-2-9)21(24)25/h1-4,8,11,13-14H,5-7H2/t11?,13-,14?/m1/s1. The fourth-order valence-electron chi connectivity index (χ4n) is 3.11. The van der Waals surface area contributed by atoms with Crippen molar-refractivity contribution in [3.05, 3.63) is 46.3 Å². The Balaban J connectivity index is 1.43. The van der Waals surface area contributed by atoms with Gasteiger partial charge in [-0.3, -0.25) is 14.9 Å². The lowest BCUT2D eigenvalue weighted by molar-refractivity contribution is -0.384. The van der Waals surface area contributed by atoms with Crippen LogP contribution in [0.25, 0.3) is 0 Å². The molecule has 1 amide bonds. The van der Waals surface area contributed by atoms with Crippen molar-refractivity contribution in [2.24, 2.45) is 0 Å². The number of amides is 1. The van der Waals surface area contributed by atoms with Gasteiger partial charge in [-0.2, -0.15) is 0 Å². The zero-order chi connectivity index (χ0) is 19.0. The fraction of sp³-hybridized carbons (Fsp3) is 0.400. The van der Waals surface area contributed by atoms with Crippen LogP contribution in [0.5, 0.6) is 0 Å². The van der Waals surface area contributed by atoms with Gasteiger partial charge in [-0.05, 0) is 28.1 Å². The molecule has 140 valence electrons. The molecule has 11 nitrogen and oxygen atoms in total. The SMILES string of the molecule is O=C(OCc1ccc([N+](=O)[O-])cc1)C1C(Cn2cnnn2)S[C@@H]2CC(=O)N12. The number of thioether (sulfide) groups is 1. The van der Waals surface area contributed by atoms with Gasteiger partial charge in [-0.15, -0.1) is 16.9 Å². The van der Waals surface area contributed by atoms with Gasteiger partial charge in [-0.1, -0.05) is 0 Å². The fourth-order valence-corrected chi connectivity index (χ4v) is 4.77. The first-order valence-corrected chi connectivity index (χ1v) is 9.04. The molecular formula is C15H14N6O5S. The maximum absolute atomic E-state index is 12.7. The summed E-state index contributed by atoms with van der Waals surface area (Å²) >= 11 is 1.54. The van der Waals surface area contributed by atoms with Crippen molar-refractivity contribution >= 4 is 29.3 Å². The topological polar surface area (TPSA) is 133 Å². The minimum absolute atomic E-state index is 0.0255. The van der Waals surface area contributed by atoms with Crippen molar-refractivity contribution in [1.82, 2.24) is 25.1 Å². The van der Waals surface area contributed by atoms with E-state index in [1.54, 1.807) is 4.90 Å². The van der Waals surface area contributed by atoms with Gasteiger partial charge in [0.2, 0.25) is 5.91 Å². The van der Waals surface area contributed by atoms with Crippen LogP contribution >= 0.6 is 11.8 Å². The lowest BCUT2D eigenvalue weighted by atomic mass is 10.1. The molecule has 2 aromatic rings. The second-order valence-electron chi connectivity index (χ2n) is 6.14. The molecule has 4 rings (SSSR count). The predicted octanol–water partition coefficient (Wildman–Crippen LogP) is 0.367. The summed E-state index contributed by atoms with van der Waals surface area (Å²) in [6.07, 6.45) is 1.86. The number of carbonyl (C=O) groups excluding carboxylic acids is 2. The Labute approximate surface area is 156 Å². The number of non-ortho nitro benzene ring substituents is 1. The molecule has 0 N–H and O–H groups in total. The van der Waals surface area contributed by atoms with Crippen LogP contribution in [0.1, 0.15) is 12.0 Å². The molecule has 3 heterocycles. The molecule has 3 atom stereocenters. The molecule has 2 unspecified atom stereocenters. The Bertz CT molecular complexity index is 873. The van der Waals surface area contributed by atoms with Gasteiger partial charge < -0.3 is 9.64 Å². The van der Waals surface area contributed by atoms with Crippen molar-refractivity contribution < 1.29 is 19.2 Å². The Morgan fingerprint density at radius 2 is 2.15 bits per heavy atom. The maximum atomic E-state index is 12.7. The third-order valence-electron chi connectivity index (χ3n) is 4.46. The van der Waals surface area contributed by atoms with Crippen LogP contribution in [0.3, 0.4) is 0 Å². The summed E-state index contributed by atoms with van der Waals surface area (Å²) < 4.78 is 6.90. The Kier molecular flexibility index (Phi) is 4.48. The lowest BCUT2D eigenvalue weighted by Gasteiger charge is -2.36. The summed E-state index contributed by atoms with van der Waals surface area (Å²) in [4.78, 5) is 36.4. The Morgan fingerprint density at radius 3 is 2.78 bits per heavy atom. The van der Waals surface area contributed by atoms with Gasteiger partial charge in [0.1, 0.15) is 19.0 Å². The monoisotopic (exact) mass is 390 g/mol. The number of β-lactam (4-membered cyclic amide) rings is 1. The number of carbonyl (C=O) groups is 2. The molecule has 12 heteroatoms. The van der Waals surface area contributed by atoms with E-state index < -0.39 is 16.9 Å².